The van der Waals surface area contributed by atoms with Crippen molar-refractivity contribution in [3.05, 3.63) is 16.3 Å². The molecule has 1 aromatic rings. The zero-order chi connectivity index (χ0) is 12.3. The second-order valence-corrected chi connectivity index (χ2v) is 4.44. The quantitative estimate of drug-likeness (QED) is 0.616. The number of hydrogen-bond acceptors (Lipinski definition) is 4. The number of rotatable bonds is 5. The van der Waals surface area contributed by atoms with Crippen LogP contribution in [0.5, 0.6) is 0 Å². The molecule has 0 aliphatic carbocycles. The molecule has 1 rings (SSSR count). The smallest absolute Gasteiger partial charge is 0.330 e. The molecule has 0 spiro atoms. The molecule has 1 aromatic heterocycles. The summed E-state index contributed by atoms with van der Waals surface area (Å²) in [7, 11) is 0. The fourth-order valence-electron chi connectivity index (χ4n) is 1.55. The molecule has 1 atom stereocenters. The fraction of sp³-hybridized carbons (Fsp3) is 0.700. The molecule has 6 nitrogen and oxygen atoms in total. The minimum absolute atomic E-state index is 0.0936. The van der Waals surface area contributed by atoms with E-state index in [9.17, 15) is 10.1 Å². The van der Waals surface area contributed by atoms with Crippen molar-refractivity contribution in [2.75, 3.05) is 5.73 Å². The van der Waals surface area contributed by atoms with Crippen LogP contribution in [-0.4, -0.2) is 14.7 Å². The number of nitrogens with zero attached hydrogens (tertiary/aromatic N) is 3. The van der Waals surface area contributed by atoms with E-state index in [0.717, 1.165) is 12.8 Å². The molecule has 2 N–H and O–H groups in total. The first-order chi connectivity index (χ1) is 7.43. The highest BCUT2D eigenvalue weighted by molar-refractivity contribution is 5.51. The largest absolute Gasteiger partial charge is 0.378 e. The van der Waals surface area contributed by atoms with E-state index in [1.807, 2.05) is 6.92 Å². The number of aromatic nitrogens is 2. The van der Waals surface area contributed by atoms with Gasteiger partial charge in [-0.2, -0.15) is 5.10 Å². The van der Waals surface area contributed by atoms with Crippen molar-refractivity contribution in [3.63, 3.8) is 0 Å². The van der Waals surface area contributed by atoms with E-state index in [-0.39, 0.29) is 17.5 Å². The highest BCUT2D eigenvalue weighted by Gasteiger charge is 2.20. The molecule has 1 heterocycles. The summed E-state index contributed by atoms with van der Waals surface area (Å²) in [6.45, 7) is 6.25. The topological polar surface area (TPSA) is 87.0 Å². The van der Waals surface area contributed by atoms with Crippen LogP contribution in [0.3, 0.4) is 0 Å². The third-order valence-corrected chi connectivity index (χ3v) is 2.59. The van der Waals surface area contributed by atoms with Gasteiger partial charge in [0.15, 0.2) is 0 Å². The van der Waals surface area contributed by atoms with Crippen molar-refractivity contribution < 1.29 is 4.92 Å². The van der Waals surface area contributed by atoms with E-state index in [4.69, 9.17) is 5.73 Å². The van der Waals surface area contributed by atoms with Crippen molar-refractivity contribution >= 4 is 11.5 Å². The molecule has 0 fully saturated rings. The van der Waals surface area contributed by atoms with Gasteiger partial charge < -0.3 is 5.73 Å². The van der Waals surface area contributed by atoms with Crippen molar-refractivity contribution in [2.24, 2.45) is 5.92 Å². The van der Waals surface area contributed by atoms with Crippen LogP contribution in [0.2, 0.25) is 0 Å². The van der Waals surface area contributed by atoms with Gasteiger partial charge in [-0.15, -0.1) is 0 Å². The third kappa shape index (κ3) is 2.71. The van der Waals surface area contributed by atoms with Gasteiger partial charge in [-0.25, -0.2) is 4.68 Å². The molecule has 1 unspecified atom stereocenters. The Hall–Kier alpha value is -1.59. The second kappa shape index (κ2) is 4.96. The van der Waals surface area contributed by atoms with Crippen LogP contribution in [0.15, 0.2) is 6.20 Å². The molecule has 90 valence electrons. The van der Waals surface area contributed by atoms with Crippen LogP contribution in [0.4, 0.5) is 11.5 Å². The number of anilines is 1. The van der Waals surface area contributed by atoms with Crippen LogP contribution in [-0.2, 0) is 0 Å². The van der Waals surface area contributed by atoms with E-state index in [2.05, 4.69) is 18.9 Å². The summed E-state index contributed by atoms with van der Waals surface area (Å²) >= 11 is 0. The summed E-state index contributed by atoms with van der Waals surface area (Å²) in [6, 6.07) is 0.0936. The van der Waals surface area contributed by atoms with Gasteiger partial charge in [0.25, 0.3) is 0 Å². The lowest BCUT2D eigenvalue weighted by molar-refractivity contribution is -0.384. The summed E-state index contributed by atoms with van der Waals surface area (Å²) in [5.41, 5.74) is 5.56. The molecular formula is C10H18N4O2. The van der Waals surface area contributed by atoms with Crippen LogP contribution in [0, 0.1) is 16.0 Å². The SMILES string of the molecule is CC(C)CCC(C)n1ncc([N+](=O)[O-])c1N. The van der Waals surface area contributed by atoms with Crippen LogP contribution in [0.25, 0.3) is 0 Å². The summed E-state index contributed by atoms with van der Waals surface area (Å²) in [6.07, 6.45) is 3.18. The van der Waals surface area contributed by atoms with E-state index in [1.54, 1.807) is 0 Å². The first kappa shape index (κ1) is 12.5. The Kier molecular flexibility index (Phi) is 3.87. The number of hydrogen-bond donors (Lipinski definition) is 1. The van der Waals surface area contributed by atoms with Gasteiger partial charge >= 0.3 is 5.69 Å². The zero-order valence-corrected chi connectivity index (χ0v) is 9.88. The molecule has 0 saturated carbocycles. The van der Waals surface area contributed by atoms with Gasteiger partial charge in [-0.1, -0.05) is 13.8 Å². The summed E-state index contributed by atoms with van der Waals surface area (Å²) in [5, 5.41) is 14.6. The first-order valence-corrected chi connectivity index (χ1v) is 5.40. The second-order valence-electron chi connectivity index (χ2n) is 4.44. The summed E-state index contributed by atoms with van der Waals surface area (Å²) in [5.74, 6) is 0.746. The summed E-state index contributed by atoms with van der Waals surface area (Å²) in [4.78, 5) is 10.1. The molecule has 16 heavy (non-hydrogen) atoms. The molecule has 0 saturated heterocycles. The standard InChI is InChI=1S/C10H18N4O2/c1-7(2)4-5-8(3)13-10(11)9(6-12-13)14(15)16/h6-8H,4-5,11H2,1-3H3. The Balaban J connectivity index is 2.76. The molecular weight excluding hydrogens is 208 g/mol. The molecule has 0 radical (unpaired) electrons. The zero-order valence-electron chi connectivity index (χ0n) is 9.88. The molecule has 0 bridgehead atoms. The Morgan fingerprint density at radius 3 is 2.56 bits per heavy atom. The maximum atomic E-state index is 10.6. The number of nitrogens with two attached hydrogens (primary N) is 1. The minimum atomic E-state index is -0.506. The van der Waals surface area contributed by atoms with E-state index >= 15 is 0 Å². The molecule has 0 aromatic carbocycles. The Morgan fingerprint density at radius 2 is 2.12 bits per heavy atom. The van der Waals surface area contributed by atoms with Crippen molar-refractivity contribution in [3.8, 4) is 0 Å². The number of nitrogen functional groups attached to an aromatic ring is 1. The van der Waals surface area contributed by atoms with Crippen LogP contribution >= 0.6 is 0 Å². The Labute approximate surface area is 94.6 Å². The average Bonchev–Trinajstić information content (AvgIpc) is 2.56. The molecule has 0 aliphatic heterocycles. The predicted octanol–water partition coefficient (Wildman–Crippen LogP) is 2.37. The van der Waals surface area contributed by atoms with Gasteiger partial charge in [0.1, 0.15) is 6.20 Å². The molecule has 0 amide bonds. The monoisotopic (exact) mass is 226 g/mol. The summed E-state index contributed by atoms with van der Waals surface area (Å²) < 4.78 is 1.53. The van der Waals surface area contributed by atoms with Crippen molar-refractivity contribution in [1.29, 1.82) is 0 Å². The van der Waals surface area contributed by atoms with Gasteiger partial charge in [0, 0.05) is 0 Å². The lowest BCUT2D eigenvalue weighted by Gasteiger charge is -2.14. The lowest BCUT2D eigenvalue weighted by Crippen LogP contribution is -2.11. The average molecular weight is 226 g/mol. The predicted molar refractivity (Wildman–Crippen MR) is 62.1 cm³/mol. The van der Waals surface area contributed by atoms with E-state index < -0.39 is 4.92 Å². The maximum absolute atomic E-state index is 10.6. The first-order valence-electron chi connectivity index (χ1n) is 5.40. The maximum Gasteiger partial charge on any atom is 0.330 e. The highest BCUT2D eigenvalue weighted by Crippen LogP contribution is 2.26. The molecule has 6 heteroatoms. The van der Waals surface area contributed by atoms with E-state index in [1.165, 1.54) is 10.9 Å². The van der Waals surface area contributed by atoms with Crippen molar-refractivity contribution in [1.82, 2.24) is 9.78 Å². The third-order valence-electron chi connectivity index (χ3n) is 2.59. The lowest BCUT2D eigenvalue weighted by atomic mass is 10.0. The van der Waals surface area contributed by atoms with Gasteiger partial charge in [-0.3, -0.25) is 10.1 Å². The van der Waals surface area contributed by atoms with Crippen molar-refractivity contribution in [2.45, 2.75) is 39.7 Å². The normalized spacial score (nSPS) is 13.0. The van der Waals surface area contributed by atoms with Crippen LogP contribution < -0.4 is 5.73 Å². The highest BCUT2D eigenvalue weighted by atomic mass is 16.6. The van der Waals surface area contributed by atoms with Crippen LogP contribution in [0.1, 0.15) is 39.7 Å². The fourth-order valence-corrected chi connectivity index (χ4v) is 1.55. The van der Waals surface area contributed by atoms with Gasteiger partial charge in [-0.05, 0) is 25.7 Å². The van der Waals surface area contributed by atoms with Gasteiger partial charge in [0.2, 0.25) is 5.82 Å². The Morgan fingerprint density at radius 1 is 1.50 bits per heavy atom. The minimum Gasteiger partial charge on any atom is -0.378 e. The Bertz CT molecular complexity index is 373. The number of nitro groups is 1. The van der Waals surface area contributed by atoms with E-state index in [0.29, 0.717) is 5.92 Å². The molecule has 0 aliphatic rings. The van der Waals surface area contributed by atoms with Gasteiger partial charge in [0.05, 0.1) is 11.0 Å².